The van der Waals surface area contributed by atoms with E-state index in [2.05, 4.69) is 10.4 Å². The predicted octanol–water partition coefficient (Wildman–Crippen LogP) is 0.795. The molecule has 0 bridgehead atoms. The Hall–Kier alpha value is -1.85. The van der Waals surface area contributed by atoms with E-state index in [1.54, 1.807) is 13.2 Å². The molecule has 1 amide bonds. The van der Waals surface area contributed by atoms with E-state index in [1.807, 2.05) is 0 Å². The second-order valence-electron chi connectivity index (χ2n) is 4.88. The summed E-state index contributed by atoms with van der Waals surface area (Å²) < 4.78 is 1.54. The van der Waals surface area contributed by atoms with Gasteiger partial charge in [0.15, 0.2) is 0 Å². The third kappa shape index (κ3) is 2.37. The molecule has 0 aliphatic heterocycles. The Morgan fingerprint density at radius 1 is 1.50 bits per heavy atom. The van der Waals surface area contributed by atoms with Crippen LogP contribution in [0.4, 0.5) is 0 Å². The molecule has 2 rings (SSSR count). The number of aryl methyl sites for hydroxylation is 1. The van der Waals surface area contributed by atoms with Crippen LogP contribution in [0.1, 0.15) is 36.0 Å². The Morgan fingerprint density at radius 2 is 2.17 bits per heavy atom. The van der Waals surface area contributed by atoms with E-state index in [-0.39, 0.29) is 12.5 Å². The molecule has 1 aliphatic carbocycles. The van der Waals surface area contributed by atoms with Gasteiger partial charge in [-0.05, 0) is 12.8 Å². The van der Waals surface area contributed by atoms with Gasteiger partial charge in [-0.1, -0.05) is 12.8 Å². The largest absolute Gasteiger partial charge is 0.481 e. The smallest absolute Gasteiger partial charge is 0.311 e. The first kappa shape index (κ1) is 12.6. The molecule has 18 heavy (non-hydrogen) atoms. The molecule has 0 atom stereocenters. The first-order valence-electron chi connectivity index (χ1n) is 6.04. The van der Waals surface area contributed by atoms with Gasteiger partial charge in [-0.3, -0.25) is 14.3 Å². The van der Waals surface area contributed by atoms with Gasteiger partial charge in [0.25, 0.3) is 5.91 Å². The highest BCUT2D eigenvalue weighted by atomic mass is 16.4. The molecule has 1 saturated carbocycles. The van der Waals surface area contributed by atoms with Crippen molar-refractivity contribution in [3.05, 3.63) is 18.0 Å². The third-order valence-electron chi connectivity index (χ3n) is 3.57. The SMILES string of the molecule is Cn1cc(C(=O)NCC2(C(=O)O)CCCC2)cn1. The maximum Gasteiger partial charge on any atom is 0.311 e. The summed E-state index contributed by atoms with van der Waals surface area (Å²) in [7, 11) is 1.73. The maximum atomic E-state index is 11.8. The third-order valence-corrected chi connectivity index (χ3v) is 3.57. The van der Waals surface area contributed by atoms with Crippen molar-refractivity contribution in [1.82, 2.24) is 15.1 Å². The number of nitrogens with one attached hydrogen (secondary N) is 1. The van der Waals surface area contributed by atoms with E-state index >= 15 is 0 Å². The van der Waals surface area contributed by atoms with Crippen LogP contribution < -0.4 is 5.32 Å². The summed E-state index contributed by atoms with van der Waals surface area (Å²) in [5, 5.41) is 15.9. The molecule has 1 aromatic heterocycles. The molecule has 1 aromatic rings. The molecule has 1 fully saturated rings. The number of rotatable bonds is 4. The summed E-state index contributed by atoms with van der Waals surface area (Å²) in [6.45, 7) is 0.191. The van der Waals surface area contributed by atoms with E-state index in [4.69, 9.17) is 0 Å². The van der Waals surface area contributed by atoms with Crippen molar-refractivity contribution in [3.8, 4) is 0 Å². The fourth-order valence-electron chi connectivity index (χ4n) is 2.41. The minimum atomic E-state index is -0.813. The Morgan fingerprint density at radius 3 is 2.67 bits per heavy atom. The first-order valence-corrected chi connectivity index (χ1v) is 6.04. The molecule has 0 saturated heterocycles. The lowest BCUT2D eigenvalue weighted by molar-refractivity contribution is -0.148. The van der Waals surface area contributed by atoms with Crippen molar-refractivity contribution in [2.75, 3.05) is 6.54 Å². The quantitative estimate of drug-likeness (QED) is 0.828. The van der Waals surface area contributed by atoms with Crippen LogP contribution in [0.25, 0.3) is 0 Å². The Bertz CT molecular complexity index is 461. The van der Waals surface area contributed by atoms with Crippen molar-refractivity contribution in [2.45, 2.75) is 25.7 Å². The zero-order valence-electron chi connectivity index (χ0n) is 10.3. The van der Waals surface area contributed by atoms with Gasteiger partial charge >= 0.3 is 5.97 Å². The molecule has 98 valence electrons. The monoisotopic (exact) mass is 251 g/mol. The zero-order chi connectivity index (χ0) is 13.2. The lowest BCUT2D eigenvalue weighted by atomic mass is 9.86. The average Bonchev–Trinajstić information content (AvgIpc) is 2.95. The van der Waals surface area contributed by atoms with Crippen LogP contribution in [-0.2, 0) is 11.8 Å². The number of aromatic nitrogens is 2. The summed E-state index contributed by atoms with van der Waals surface area (Å²) in [5.74, 6) is -1.08. The second-order valence-corrected chi connectivity index (χ2v) is 4.88. The van der Waals surface area contributed by atoms with Crippen molar-refractivity contribution < 1.29 is 14.7 Å². The Kier molecular flexibility index (Phi) is 3.36. The lowest BCUT2D eigenvalue weighted by Crippen LogP contribution is -2.41. The van der Waals surface area contributed by atoms with Crippen LogP contribution in [0.2, 0.25) is 0 Å². The van der Waals surface area contributed by atoms with Gasteiger partial charge in [0, 0.05) is 19.8 Å². The van der Waals surface area contributed by atoms with Gasteiger partial charge in [0.1, 0.15) is 0 Å². The number of carbonyl (C=O) groups excluding carboxylic acids is 1. The topological polar surface area (TPSA) is 84.2 Å². The van der Waals surface area contributed by atoms with Crippen molar-refractivity contribution in [2.24, 2.45) is 12.5 Å². The molecular formula is C12H17N3O3. The van der Waals surface area contributed by atoms with Gasteiger partial charge in [0.2, 0.25) is 0 Å². The van der Waals surface area contributed by atoms with Crippen LogP contribution in [0.5, 0.6) is 0 Å². The minimum Gasteiger partial charge on any atom is -0.481 e. The van der Waals surface area contributed by atoms with Crippen molar-refractivity contribution >= 4 is 11.9 Å². The Labute approximate surface area is 105 Å². The average molecular weight is 251 g/mol. The first-order chi connectivity index (χ1) is 8.53. The highest BCUT2D eigenvalue weighted by Crippen LogP contribution is 2.37. The fourth-order valence-corrected chi connectivity index (χ4v) is 2.41. The minimum absolute atomic E-state index is 0.191. The van der Waals surface area contributed by atoms with Crippen LogP contribution in [0.15, 0.2) is 12.4 Å². The summed E-state index contributed by atoms with van der Waals surface area (Å²) >= 11 is 0. The molecular weight excluding hydrogens is 234 g/mol. The highest BCUT2D eigenvalue weighted by molar-refractivity contribution is 5.94. The summed E-state index contributed by atoms with van der Waals surface area (Å²) in [5.41, 5.74) is -0.325. The maximum absolute atomic E-state index is 11.8. The van der Waals surface area contributed by atoms with E-state index in [0.717, 1.165) is 12.8 Å². The molecule has 1 heterocycles. The summed E-state index contributed by atoms with van der Waals surface area (Å²) in [6, 6.07) is 0. The van der Waals surface area contributed by atoms with E-state index in [0.29, 0.717) is 18.4 Å². The van der Waals surface area contributed by atoms with Crippen LogP contribution in [0, 0.1) is 5.41 Å². The summed E-state index contributed by atoms with van der Waals surface area (Å²) in [4.78, 5) is 23.1. The number of hydrogen-bond acceptors (Lipinski definition) is 3. The molecule has 0 spiro atoms. The van der Waals surface area contributed by atoms with E-state index < -0.39 is 11.4 Å². The second kappa shape index (κ2) is 4.80. The van der Waals surface area contributed by atoms with Gasteiger partial charge in [-0.25, -0.2) is 0 Å². The number of carboxylic acid groups (broad SMARTS) is 1. The molecule has 2 N–H and O–H groups in total. The van der Waals surface area contributed by atoms with E-state index in [9.17, 15) is 14.7 Å². The summed E-state index contributed by atoms with van der Waals surface area (Å²) in [6.07, 6.45) is 6.17. The van der Waals surface area contributed by atoms with Crippen molar-refractivity contribution in [3.63, 3.8) is 0 Å². The number of carboxylic acids is 1. The number of amides is 1. The highest BCUT2D eigenvalue weighted by Gasteiger charge is 2.41. The Balaban J connectivity index is 1.98. The molecule has 6 nitrogen and oxygen atoms in total. The normalized spacial score (nSPS) is 17.6. The van der Waals surface area contributed by atoms with Crippen molar-refractivity contribution in [1.29, 1.82) is 0 Å². The molecule has 0 radical (unpaired) electrons. The molecule has 1 aliphatic rings. The van der Waals surface area contributed by atoms with E-state index in [1.165, 1.54) is 10.9 Å². The number of carbonyl (C=O) groups is 2. The standard InChI is InChI=1S/C12H17N3O3/c1-15-7-9(6-14-15)10(16)13-8-12(11(17)18)4-2-3-5-12/h6-7H,2-5,8H2,1H3,(H,13,16)(H,17,18). The molecule has 0 unspecified atom stereocenters. The predicted molar refractivity (Wildman–Crippen MR) is 64.1 cm³/mol. The fraction of sp³-hybridized carbons (Fsp3) is 0.583. The van der Waals surface area contributed by atoms with Crippen LogP contribution in [0.3, 0.4) is 0 Å². The lowest BCUT2D eigenvalue weighted by Gasteiger charge is -2.23. The molecule has 6 heteroatoms. The van der Waals surface area contributed by atoms with Crippen LogP contribution >= 0.6 is 0 Å². The molecule has 0 aromatic carbocycles. The van der Waals surface area contributed by atoms with Gasteiger partial charge in [-0.2, -0.15) is 5.10 Å². The number of aliphatic carboxylic acids is 1. The van der Waals surface area contributed by atoms with Crippen LogP contribution in [-0.4, -0.2) is 33.3 Å². The van der Waals surface area contributed by atoms with Gasteiger partial charge < -0.3 is 10.4 Å². The number of hydrogen-bond donors (Lipinski definition) is 2. The van der Waals surface area contributed by atoms with Gasteiger partial charge in [-0.15, -0.1) is 0 Å². The van der Waals surface area contributed by atoms with Gasteiger partial charge in [0.05, 0.1) is 17.2 Å². The zero-order valence-corrected chi connectivity index (χ0v) is 10.3. The number of nitrogens with zero attached hydrogens (tertiary/aromatic N) is 2.